The number of benzene rings is 1. The number of hydrogen-bond donors (Lipinski definition) is 2. The van der Waals surface area contributed by atoms with Gasteiger partial charge in [0.05, 0.1) is 11.4 Å². The Bertz CT molecular complexity index is 630. The molecule has 1 unspecified atom stereocenters. The number of amides is 1. The molecule has 0 heterocycles. The van der Waals surface area contributed by atoms with Gasteiger partial charge in [0.25, 0.3) is 0 Å². The van der Waals surface area contributed by atoms with Crippen molar-refractivity contribution in [2.45, 2.75) is 37.6 Å². The van der Waals surface area contributed by atoms with E-state index in [0.29, 0.717) is 6.42 Å². The van der Waals surface area contributed by atoms with Gasteiger partial charge in [0.1, 0.15) is 5.75 Å². The maximum Gasteiger partial charge on any atom is 0.573 e. The minimum atomic E-state index is -4.85. The van der Waals surface area contributed by atoms with Crippen molar-refractivity contribution < 1.29 is 31.1 Å². The minimum Gasteiger partial charge on any atom is -0.406 e. The van der Waals surface area contributed by atoms with Gasteiger partial charge < -0.3 is 10.1 Å². The molecule has 1 rings (SSSR count). The molecule has 0 radical (unpaired) electrons. The lowest BCUT2D eigenvalue weighted by molar-refractivity contribution is -0.274. The molecule has 0 aromatic heterocycles. The summed E-state index contributed by atoms with van der Waals surface area (Å²) in [7, 11) is -4.01. The van der Waals surface area contributed by atoms with Crippen molar-refractivity contribution in [3.8, 4) is 5.75 Å². The van der Waals surface area contributed by atoms with Gasteiger partial charge in [-0.3, -0.25) is 4.79 Å². The van der Waals surface area contributed by atoms with Crippen LogP contribution in [0.5, 0.6) is 5.75 Å². The highest BCUT2D eigenvalue weighted by Gasteiger charge is 2.31. The van der Waals surface area contributed by atoms with E-state index >= 15 is 0 Å². The Labute approximate surface area is 132 Å². The van der Waals surface area contributed by atoms with E-state index in [1.807, 2.05) is 6.92 Å². The van der Waals surface area contributed by atoms with Gasteiger partial charge in [-0.1, -0.05) is 6.92 Å². The van der Waals surface area contributed by atoms with E-state index in [1.165, 1.54) is 0 Å². The average molecular weight is 354 g/mol. The number of halogens is 3. The molecule has 1 aromatic rings. The maximum atomic E-state index is 12.0. The van der Waals surface area contributed by atoms with E-state index in [-0.39, 0.29) is 10.9 Å². The van der Waals surface area contributed by atoms with Gasteiger partial charge in [0, 0.05) is 6.04 Å². The molecule has 130 valence electrons. The zero-order valence-corrected chi connectivity index (χ0v) is 13.3. The molecule has 0 bridgehead atoms. The topological polar surface area (TPSA) is 84.5 Å². The van der Waals surface area contributed by atoms with Crippen LogP contribution in [0.25, 0.3) is 0 Å². The standard InChI is InChI=1S/C13H17F3N2O4S/c1-3-9(2)18-12(19)8-17-23(20,21)11-6-4-10(5-7-11)22-13(14,15)16/h4-7,9,17H,3,8H2,1-2H3,(H,18,19). The van der Waals surface area contributed by atoms with Gasteiger partial charge in [0.2, 0.25) is 15.9 Å². The van der Waals surface area contributed by atoms with Gasteiger partial charge in [-0.05, 0) is 37.6 Å². The van der Waals surface area contributed by atoms with Crippen LogP contribution in [0.4, 0.5) is 13.2 Å². The van der Waals surface area contributed by atoms with Crippen molar-refractivity contribution in [2.75, 3.05) is 6.54 Å². The Morgan fingerprint density at radius 2 is 1.83 bits per heavy atom. The van der Waals surface area contributed by atoms with Crippen molar-refractivity contribution in [3.63, 3.8) is 0 Å². The highest BCUT2D eigenvalue weighted by Crippen LogP contribution is 2.23. The van der Waals surface area contributed by atoms with Gasteiger partial charge in [0.15, 0.2) is 0 Å². The van der Waals surface area contributed by atoms with Crippen LogP contribution < -0.4 is 14.8 Å². The summed E-state index contributed by atoms with van der Waals surface area (Å²) in [5.41, 5.74) is 0. The van der Waals surface area contributed by atoms with E-state index in [4.69, 9.17) is 0 Å². The normalized spacial score (nSPS) is 13.4. The van der Waals surface area contributed by atoms with Crippen LogP contribution in [0.15, 0.2) is 29.2 Å². The van der Waals surface area contributed by atoms with Crippen molar-refractivity contribution in [2.24, 2.45) is 0 Å². The fraction of sp³-hybridized carbons (Fsp3) is 0.462. The fourth-order valence-corrected chi connectivity index (χ4v) is 2.47. The van der Waals surface area contributed by atoms with E-state index in [9.17, 15) is 26.4 Å². The fourth-order valence-electron chi connectivity index (χ4n) is 1.49. The van der Waals surface area contributed by atoms with Crippen molar-refractivity contribution >= 4 is 15.9 Å². The van der Waals surface area contributed by atoms with Gasteiger partial charge >= 0.3 is 6.36 Å². The second-order valence-electron chi connectivity index (χ2n) is 4.72. The largest absolute Gasteiger partial charge is 0.573 e. The number of nitrogens with one attached hydrogen (secondary N) is 2. The average Bonchev–Trinajstić information content (AvgIpc) is 2.44. The van der Waals surface area contributed by atoms with Crippen molar-refractivity contribution in [1.82, 2.24) is 10.0 Å². The molecule has 1 aromatic carbocycles. The lowest BCUT2D eigenvalue weighted by atomic mass is 10.2. The van der Waals surface area contributed by atoms with Crippen LogP contribution in [0.3, 0.4) is 0 Å². The SMILES string of the molecule is CCC(C)NC(=O)CNS(=O)(=O)c1ccc(OC(F)(F)F)cc1. The van der Waals surface area contributed by atoms with Crippen molar-refractivity contribution in [1.29, 1.82) is 0 Å². The summed E-state index contributed by atoms with van der Waals surface area (Å²) in [6.07, 6.45) is -4.16. The number of ether oxygens (including phenoxy) is 1. The first kappa shape index (κ1) is 19.2. The molecule has 0 saturated carbocycles. The predicted molar refractivity (Wildman–Crippen MR) is 76.2 cm³/mol. The Balaban J connectivity index is 2.68. The molecule has 1 amide bonds. The third kappa shape index (κ3) is 6.87. The summed E-state index contributed by atoms with van der Waals surface area (Å²) >= 11 is 0. The molecule has 0 fully saturated rings. The molecular weight excluding hydrogens is 337 g/mol. The lowest BCUT2D eigenvalue weighted by Crippen LogP contribution is -2.40. The third-order valence-corrected chi connectivity index (χ3v) is 4.23. The number of carbonyl (C=O) groups is 1. The first-order chi connectivity index (χ1) is 10.5. The van der Waals surface area contributed by atoms with E-state index in [0.717, 1.165) is 24.3 Å². The number of hydrogen-bond acceptors (Lipinski definition) is 4. The smallest absolute Gasteiger partial charge is 0.406 e. The summed E-state index contributed by atoms with van der Waals surface area (Å²) in [4.78, 5) is 11.2. The summed E-state index contributed by atoms with van der Waals surface area (Å²) in [5.74, 6) is -1.04. The minimum absolute atomic E-state index is 0.0918. The first-order valence-electron chi connectivity index (χ1n) is 6.68. The zero-order valence-electron chi connectivity index (χ0n) is 12.5. The van der Waals surface area contributed by atoms with Gasteiger partial charge in [-0.25, -0.2) is 13.1 Å². The summed E-state index contributed by atoms with van der Waals surface area (Å²) in [6.45, 7) is 3.17. The molecular formula is C13H17F3N2O4S. The second-order valence-corrected chi connectivity index (χ2v) is 6.49. The molecule has 0 saturated heterocycles. The molecule has 0 aliphatic heterocycles. The zero-order chi connectivity index (χ0) is 17.7. The Morgan fingerprint density at radius 3 is 2.30 bits per heavy atom. The highest BCUT2D eigenvalue weighted by atomic mass is 32.2. The molecule has 23 heavy (non-hydrogen) atoms. The molecule has 0 spiro atoms. The molecule has 0 aliphatic carbocycles. The second kappa shape index (κ2) is 7.64. The van der Waals surface area contributed by atoms with E-state index in [2.05, 4.69) is 14.8 Å². The monoisotopic (exact) mass is 354 g/mol. The first-order valence-corrected chi connectivity index (χ1v) is 8.16. The Kier molecular flexibility index (Phi) is 6.39. The van der Waals surface area contributed by atoms with Gasteiger partial charge in [-0.15, -0.1) is 13.2 Å². The van der Waals surface area contributed by atoms with E-state index in [1.54, 1.807) is 6.92 Å². The van der Waals surface area contributed by atoms with Crippen LogP contribution in [0.1, 0.15) is 20.3 Å². The summed E-state index contributed by atoms with van der Waals surface area (Å²) in [6, 6.07) is 3.57. The number of carbonyl (C=O) groups excluding carboxylic acids is 1. The van der Waals surface area contributed by atoms with E-state index < -0.39 is 34.6 Å². The quantitative estimate of drug-likeness (QED) is 0.782. The molecule has 2 N–H and O–H groups in total. The van der Waals surface area contributed by atoms with Crippen molar-refractivity contribution in [3.05, 3.63) is 24.3 Å². The maximum absolute atomic E-state index is 12.0. The lowest BCUT2D eigenvalue weighted by Gasteiger charge is -2.12. The van der Waals surface area contributed by atoms with Crippen LogP contribution in [0, 0.1) is 0 Å². The van der Waals surface area contributed by atoms with Crippen LogP contribution in [-0.4, -0.2) is 33.3 Å². The number of rotatable bonds is 7. The molecule has 0 aliphatic rings. The molecule has 1 atom stereocenters. The summed E-state index contributed by atoms with van der Waals surface area (Å²) < 4.78 is 65.6. The Morgan fingerprint density at radius 1 is 1.26 bits per heavy atom. The number of sulfonamides is 1. The van der Waals surface area contributed by atoms with Crippen LogP contribution in [-0.2, 0) is 14.8 Å². The summed E-state index contributed by atoms with van der Waals surface area (Å²) in [5, 5.41) is 2.58. The highest BCUT2D eigenvalue weighted by molar-refractivity contribution is 7.89. The van der Waals surface area contributed by atoms with Crippen LogP contribution >= 0.6 is 0 Å². The molecule has 10 heteroatoms. The van der Waals surface area contributed by atoms with Crippen LogP contribution in [0.2, 0.25) is 0 Å². The third-order valence-electron chi connectivity index (χ3n) is 2.81. The van der Waals surface area contributed by atoms with Gasteiger partial charge in [-0.2, -0.15) is 0 Å². The predicted octanol–water partition coefficient (Wildman–Crippen LogP) is 1.78. The number of alkyl halides is 3. The molecule has 6 nitrogen and oxygen atoms in total. The Hall–Kier alpha value is -1.81.